The van der Waals surface area contributed by atoms with Gasteiger partial charge >= 0.3 is 60.7 Å². The molecule has 0 fully saturated rings. The average Bonchev–Trinajstić information content (AvgIpc) is 2.62. The van der Waals surface area contributed by atoms with E-state index in [0.29, 0.717) is 0 Å². The van der Waals surface area contributed by atoms with E-state index >= 15 is 0 Å². The van der Waals surface area contributed by atoms with Crippen LogP contribution in [-0.4, -0.2) is 48.6 Å². The molecular weight excluding hydrogens is 610 g/mol. The zero-order valence-corrected chi connectivity index (χ0v) is 15.5. The summed E-state index contributed by atoms with van der Waals surface area (Å²) < 4.78 is 281. The smallest absolute Gasteiger partial charge is 0.399 e. The fourth-order valence-corrected chi connectivity index (χ4v) is 1.25. The lowest BCUT2D eigenvalue weighted by Crippen LogP contribution is -2.53. The maximum Gasteiger partial charge on any atom is 0.476 e. The van der Waals surface area contributed by atoms with E-state index in [1.165, 1.54) is 0 Å². The molecule has 0 heterocycles. The average molecular weight is 610 g/mol. The van der Waals surface area contributed by atoms with E-state index in [1.807, 2.05) is 0 Å². The van der Waals surface area contributed by atoms with Gasteiger partial charge in [-0.2, -0.15) is 96.6 Å². The van der Waals surface area contributed by atoms with Crippen LogP contribution in [0.2, 0.25) is 0 Å². The zero-order chi connectivity index (χ0) is 30.4. The highest BCUT2D eigenvalue weighted by molar-refractivity contribution is 5.07. The molecule has 0 bridgehead atoms. The van der Waals surface area contributed by atoms with Gasteiger partial charge in [-0.3, -0.25) is 0 Å². The molecule has 0 aromatic carbocycles. The second-order valence-electron chi connectivity index (χ2n) is 5.69. The summed E-state index contributed by atoms with van der Waals surface area (Å²) in [4.78, 5) is 0. The first-order valence-electron chi connectivity index (χ1n) is 7.38. The van der Waals surface area contributed by atoms with Crippen molar-refractivity contribution >= 4 is 0 Å². The molecule has 0 unspecified atom stereocenters. The van der Waals surface area contributed by atoms with E-state index in [4.69, 9.17) is 0 Å². The Hall–Kier alpha value is -2.50. The Morgan fingerprint density at radius 3 is 0.784 bits per heavy atom. The van der Waals surface area contributed by atoms with Crippen LogP contribution in [-0.2, 0) is 14.2 Å². The first-order valence-corrected chi connectivity index (χ1v) is 7.38. The number of hydrogen-bond acceptors (Lipinski definition) is 3. The maximum atomic E-state index is 13.1. The first-order chi connectivity index (χ1) is 15.8. The molecule has 0 aliphatic carbocycles. The van der Waals surface area contributed by atoms with Gasteiger partial charge in [-0.1, -0.05) is 0 Å². The lowest BCUT2D eigenvalue weighted by atomic mass is 10.3. The molecule has 0 rings (SSSR count). The van der Waals surface area contributed by atoms with Crippen molar-refractivity contribution in [3.63, 3.8) is 0 Å². The molecule has 0 radical (unpaired) electrons. The third-order valence-corrected chi connectivity index (χ3v) is 2.99. The van der Waals surface area contributed by atoms with Gasteiger partial charge in [-0.25, -0.2) is 4.74 Å². The summed E-state index contributed by atoms with van der Waals surface area (Å²) in [5.41, 5.74) is 0. The molecule has 0 spiro atoms. The van der Waals surface area contributed by atoms with Gasteiger partial charge in [0.25, 0.3) is 11.7 Å². The Kier molecular flexibility index (Phi) is 9.01. The van der Waals surface area contributed by atoms with E-state index < -0.39 is 72.3 Å². The normalized spacial score (nSPS) is 16.8. The van der Waals surface area contributed by atoms with Crippen molar-refractivity contribution in [2.45, 2.75) is 48.6 Å². The molecule has 0 aliphatic heterocycles. The van der Waals surface area contributed by atoms with Crippen LogP contribution < -0.4 is 0 Å². The summed E-state index contributed by atoms with van der Waals surface area (Å²) in [5, 5.41) is 0. The SMILES string of the molecule is FC(OC(F)(F)C(F)(F)C(F)(F)F)=C(F)C(F)(F)OC(F)(F)C(F)=C(F)OC(F)(F)C(F)(F)C(F)(F)F. The van der Waals surface area contributed by atoms with Gasteiger partial charge in [0.1, 0.15) is 0 Å². The Balaban J connectivity index is 6.15. The monoisotopic (exact) mass is 610 g/mol. The topological polar surface area (TPSA) is 27.7 Å². The standard InChI is InChI=1S/C12F22O3/c13-1(3(15)35-11(31,32)7(21,22)9(25,26)27)5(17,18)37-6(19,20)2(14)4(16)36-12(33,34)8(23,24)10(28,29)30. The molecule has 25 heteroatoms. The number of rotatable bonds is 10. The minimum atomic E-state index is -7.50. The van der Waals surface area contributed by atoms with Crippen molar-refractivity contribution in [3.8, 4) is 0 Å². The second-order valence-corrected chi connectivity index (χ2v) is 5.69. The number of ether oxygens (including phenoxy) is 3. The lowest BCUT2D eigenvalue weighted by Gasteiger charge is -2.28. The summed E-state index contributed by atoms with van der Waals surface area (Å²) in [6.07, 6.45) is -43.6. The van der Waals surface area contributed by atoms with Crippen LogP contribution in [0.3, 0.4) is 0 Å². The summed E-state index contributed by atoms with van der Waals surface area (Å²) >= 11 is 0. The van der Waals surface area contributed by atoms with Gasteiger partial charge in [-0.05, 0) is 0 Å². The Morgan fingerprint density at radius 1 is 0.378 bits per heavy atom. The molecule has 0 aromatic rings. The highest BCUT2D eigenvalue weighted by Gasteiger charge is 2.77. The number of hydrogen-bond donors (Lipinski definition) is 0. The van der Waals surface area contributed by atoms with Crippen LogP contribution >= 0.6 is 0 Å². The van der Waals surface area contributed by atoms with E-state index in [9.17, 15) is 96.6 Å². The molecule has 0 aromatic heterocycles. The summed E-state index contributed by atoms with van der Waals surface area (Å²) in [6, 6.07) is -9.24. The second kappa shape index (κ2) is 9.67. The van der Waals surface area contributed by atoms with Crippen LogP contribution in [0.1, 0.15) is 0 Å². The van der Waals surface area contributed by atoms with Gasteiger partial charge in [0.05, 0.1) is 0 Å². The van der Waals surface area contributed by atoms with Crippen molar-refractivity contribution in [2.75, 3.05) is 0 Å². The first kappa shape index (κ1) is 34.5. The summed E-state index contributed by atoms with van der Waals surface area (Å²) in [6.45, 7) is 0. The largest absolute Gasteiger partial charge is 0.476 e. The molecule has 220 valence electrons. The third kappa shape index (κ3) is 6.88. The summed E-state index contributed by atoms with van der Waals surface area (Å²) in [5.74, 6) is -24.5. The van der Waals surface area contributed by atoms with E-state index in [-0.39, 0.29) is 0 Å². The van der Waals surface area contributed by atoms with Crippen molar-refractivity contribution < 1.29 is 111 Å². The highest BCUT2D eigenvalue weighted by atomic mass is 19.4. The van der Waals surface area contributed by atoms with Gasteiger partial charge in [-0.15, -0.1) is 0 Å². The predicted molar refractivity (Wildman–Crippen MR) is 63.5 cm³/mol. The Labute approximate surface area is 184 Å². The van der Waals surface area contributed by atoms with Crippen molar-refractivity contribution in [1.29, 1.82) is 0 Å². The molecule has 0 aliphatic rings. The van der Waals surface area contributed by atoms with E-state index in [2.05, 4.69) is 0 Å². The van der Waals surface area contributed by atoms with E-state index in [1.54, 1.807) is 14.2 Å². The fourth-order valence-electron chi connectivity index (χ4n) is 1.25. The highest BCUT2D eigenvalue weighted by Crippen LogP contribution is 2.50. The molecular formula is C12F22O3. The fraction of sp³-hybridized carbons (Fsp3) is 0.667. The van der Waals surface area contributed by atoms with Gasteiger partial charge < -0.3 is 9.47 Å². The molecule has 0 saturated heterocycles. The minimum absolute atomic E-state index is 1.64. The summed E-state index contributed by atoms with van der Waals surface area (Å²) in [7, 11) is 0. The Morgan fingerprint density at radius 2 is 0.595 bits per heavy atom. The molecule has 37 heavy (non-hydrogen) atoms. The van der Waals surface area contributed by atoms with Crippen LogP contribution in [0.15, 0.2) is 23.7 Å². The van der Waals surface area contributed by atoms with Crippen LogP contribution in [0.5, 0.6) is 0 Å². The zero-order valence-electron chi connectivity index (χ0n) is 15.5. The minimum Gasteiger partial charge on any atom is -0.399 e. The molecule has 0 N–H and O–H groups in total. The molecule has 0 amide bonds. The van der Waals surface area contributed by atoms with Crippen LogP contribution in [0.4, 0.5) is 96.6 Å². The number of halogens is 22. The molecule has 0 atom stereocenters. The van der Waals surface area contributed by atoms with Crippen molar-refractivity contribution in [1.82, 2.24) is 0 Å². The van der Waals surface area contributed by atoms with Gasteiger partial charge in [0, 0.05) is 0 Å². The van der Waals surface area contributed by atoms with Crippen molar-refractivity contribution in [3.05, 3.63) is 23.7 Å². The lowest BCUT2D eigenvalue weighted by molar-refractivity contribution is -0.421. The Bertz CT molecular complexity index is 820. The molecule has 3 nitrogen and oxygen atoms in total. The van der Waals surface area contributed by atoms with Crippen LogP contribution in [0, 0.1) is 0 Å². The maximum absolute atomic E-state index is 13.1. The van der Waals surface area contributed by atoms with Gasteiger partial charge in [0.2, 0.25) is 0 Å². The van der Waals surface area contributed by atoms with E-state index in [0.717, 1.165) is 0 Å². The third-order valence-electron chi connectivity index (χ3n) is 2.99. The predicted octanol–water partition coefficient (Wildman–Crippen LogP) is 8.02. The van der Waals surface area contributed by atoms with Crippen LogP contribution in [0.25, 0.3) is 0 Å². The molecule has 0 saturated carbocycles. The quantitative estimate of drug-likeness (QED) is 0.185. The van der Waals surface area contributed by atoms with Gasteiger partial charge in [0.15, 0.2) is 0 Å². The number of alkyl halides is 18. The van der Waals surface area contributed by atoms with Crippen molar-refractivity contribution in [2.24, 2.45) is 0 Å².